The fraction of sp³-hybridized carbons (Fsp3) is 0.846. The van der Waals surface area contributed by atoms with E-state index < -0.39 is 11.7 Å². The summed E-state index contributed by atoms with van der Waals surface area (Å²) in [4.78, 5) is 18.9. The van der Waals surface area contributed by atoms with E-state index in [2.05, 4.69) is 5.16 Å². The summed E-state index contributed by atoms with van der Waals surface area (Å²) < 4.78 is 0. The minimum Gasteiger partial charge on any atom is -0.390 e. The Morgan fingerprint density at radius 3 is 2.67 bits per heavy atom. The molecule has 0 fully saturated rings. The van der Waals surface area contributed by atoms with Crippen LogP contribution in [-0.4, -0.2) is 46.9 Å². The molecule has 0 saturated carbocycles. The maximum atomic E-state index is 12.1. The number of oxime groups is 1. The second kappa shape index (κ2) is 5.69. The molecule has 1 heterocycles. The van der Waals surface area contributed by atoms with Gasteiger partial charge in [0.05, 0.1) is 11.3 Å². The van der Waals surface area contributed by atoms with E-state index in [1.54, 1.807) is 25.8 Å². The lowest BCUT2D eigenvalue weighted by atomic mass is 10.0. The Labute approximate surface area is 109 Å². The van der Waals surface area contributed by atoms with Crippen LogP contribution in [0.5, 0.6) is 0 Å². The number of likely N-dealkylation sites (N-methyl/N-ethyl adjacent to an activating group) is 1. The van der Waals surface area contributed by atoms with E-state index in [0.717, 1.165) is 5.71 Å². The van der Waals surface area contributed by atoms with Crippen molar-refractivity contribution in [2.45, 2.75) is 52.2 Å². The quantitative estimate of drug-likeness (QED) is 0.809. The molecule has 0 spiro atoms. The Morgan fingerprint density at radius 1 is 1.61 bits per heavy atom. The lowest BCUT2D eigenvalue weighted by Crippen LogP contribution is -2.39. The topological polar surface area (TPSA) is 62.1 Å². The van der Waals surface area contributed by atoms with Crippen LogP contribution in [0.2, 0.25) is 0 Å². The third-order valence-electron chi connectivity index (χ3n) is 3.07. The van der Waals surface area contributed by atoms with Crippen LogP contribution in [0, 0.1) is 5.92 Å². The van der Waals surface area contributed by atoms with E-state index >= 15 is 0 Å². The average molecular weight is 256 g/mol. The third kappa shape index (κ3) is 4.29. The Kier molecular flexibility index (Phi) is 4.73. The van der Waals surface area contributed by atoms with Gasteiger partial charge in [0.1, 0.15) is 0 Å². The molecular formula is C13H24N2O3. The highest BCUT2D eigenvalue weighted by Gasteiger charge is 2.31. The molecule has 0 unspecified atom stereocenters. The second-order valence-corrected chi connectivity index (χ2v) is 5.86. The number of hydrogen-bond acceptors (Lipinski definition) is 4. The van der Waals surface area contributed by atoms with Crippen molar-refractivity contribution in [3.63, 3.8) is 0 Å². The molecule has 1 N–H and O–H groups in total. The van der Waals surface area contributed by atoms with Gasteiger partial charge in [0.2, 0.25) is 6.10 Å². The van der Waals surface area contributed by atoms with Gasteiger partial charge in [-0.1, -0.05) is 19.0 Å². The second-order valence-electron chi connectivity index (χ2n) is 5.86. The molecular weight excluding hydrogens is 232 g/mol. The maximum Gasteiger partial charge on any atom is 0.266 e. The normalized spacial score (nSPS) is 19.7. The van der Waals surface area contributed by atoms with Crippen LogP contribution in [0.25, 0.3) is 0 Å². The van der Waals surface area contributed by atoms with E-state index in [4.69, 9.17) is 4.84 Å². The molecule has 1 rings (SSSR count). The number of amides is 1. The highest BCUT2D eigenvalue weighted by molar-refractivity contribution is 5.93. The predicted octanol–water partition coefficient (Wildman–Crippen LogP) is 1.41. The summed E-state index contributed by atoms with van der Waals surface area (Å²) in [6.07, 6.45) is 0.623. The van der Waals surface area contributed by atoms with E-state index in [9.17, 15) is 9.90 Å². The van der Waals surface area contributed by atoms with Gasteiger partial charge in [-0.15, -0.1) is 0 Å². The highest BCUT2D eigenvalue weighted by Crippen LogP contribution is 2.18. The molecule has 5 heteroatoms. The minimum atomic E-state index is -0.759. The fourth-order valence-corrected chi connectivity index (χ4v) is 1.67. The minimum absolute atomic E-state index is 0.0707. The van der Waals surface area contributed by atoms with Gasteiger partial charge in [-0.2, -0.15) is 0 Å². The van der Waals surface area contributed by atoms with Crippen molar-refractivity contribution in [3.05, 3.63) is 0 Å². The van der Waals surface area contributed by atoms with Crippen LogP contribution in [-0.2, 0) is 9.63 Å². The van der Waals surface area contributed by atoms with Crippen LogP contribution < -0.4 is 0 Å². The molecule has 0 saturated heterocycles. The number of carbonyl (C=O) groups is 1. The molecule has 1 atom stereocenters. The van der Waals surface area contributed by atoms with Gasteiger partial charge in [0, 0.05) is 20.0 Å². The van der Waals surface area contributed by atoms with Crippen molar-refractivity contribution in [3.8, 4) is 0 Å². The molecule has 18 heavy (non-hydrogen) atoms. The molecule has 0 aromatic rings. The summed E-state index contributed by atoms with van der Waals surface area (Å²) in [7, 11) is 1.73. The van der Waals surface area contributed by atoms with Crippen molar-refractivity contribution in [2.75, 3.05) is 13.6 Å². The highest BCUT2D eigenvalue weighted by atomic mass is 16.6. The van der Waals surface area contributed by atoms with Crippen LogP contribution in [0.1, 0.15) is 40.5 Å². The molecule has 104 valence electrons. The van der Waals surface area contributed by atoms with Gasteiger partial charge in [0.25, 0.3) is 5.91 Å². The maximum absolute atomic E-state index is 12.1. The van der Waals surface area contributed by atoms with Gasteiger partial charge >= 0.3 is 0 Å². The van der Waals surface area contributed by atoms with Crippen molar-refractivity contribution in [2.24, 2.45) is 11.1 Å². The summed E-state index contributed by atoms with van der Waals surface area (Å²) in [5.41, 5.74) is 0.175. The molecule has 0 aromatic carbocycles. The SMILES string of the molecule is CC(C)C1=NO[C@@H](C(=O)N(C)CCC(C)(C)O)C1. The largest absolute Gasteiger partial charge is 0.390 e. The Morgan fingerprint density at radius 2 is 2.22 bits per heavy atom. The third-order valence-corrected chi connectivity index (χ3v) is 3.07. The number of rotatable bonds is 5. The van der Waals surface area contributed by atoms with Crippen molar-refractivity contribution < 1.29 is 14.7 Å². The smallest absolute Gasteiger partial charge is 0.266 e. The number of hydrogen-bond donors (Lipinski definition) is 1. The van der Waals surface area contributed by atoms with E-state index in [0.29, 0.717) is 25.3 Å². The summed E-state index contributed by atoms with van der Waals surface area (Å²) >= 11 is 0. The van der Waals surface area contributed by atoms with Crippen molar-refractivity contribution in [1.82, 2.24) is 4.90 Å². The number of carbonyl (C=O) groups excluding carboxylic acids is 1. The van der Waals surface area contributed by atoms with Gasteiger partial charge in [-0.05, 0) is 26.2 Å². The molecule has 1 aliphatic rings. The Bertz CT molecular complexity index is 332. The van der Waals surface area contributed by atoms with Crippen molar-refractivity contribution in [1.29, 1.82) is 0 Å². The molecule has 0 bridgehead atoms. The van der Waals surface area contributed by atoms with E-state index in [1.807, 2.05) is 13.8 Å². The van der Waals surface area contributed by atoms with Crippen LogP contribution in [0.15, 0.2) is 5.16 Å². The zero-order valence-electron chi connectivity index (χ0n) is 11.9. The lowest BCUT2D eigenvalue weighted by molar-refractivity contribution is -0.141. The first-order valence-corrected chi connectivity index (χ1v) is 6.40. The Balaban J connectivity index is 2.42. The number of nitrogens with zero attached hydrogens (tertiary/aromatic N) is 2. The van der Waals surface area contributed by atoms with Crippen LogP contribution in [0.3, 0.4) is 0 Å². The molecule has 0 aliphatic carbocycles. The summed E-state index contributed by atoms with van der Waals surface area (Å²) in [5.74, 6) is 0.239. The lowest BCUT2D eigenvalue weighted by Gasteiger charge is -2.24. The zero-order chi connectivity index (χ0) is 13.9. The summed E-state index contributed by atoms with van der Waals surface area (Å²) in [5, 5.41) is 13.6. The van der Waals surface area contributed by atoms with Gasteiger partial charge in [-0.25, -0.2) is 0 Å². The van der Waals surface area contributed by atoms with Gasteiger partial charge < -0.3 is 14.8 Å². The number of aliphatic hydroxyl groups is 1. The average Bonchev–Trinajstić information content (AvgIpc) is 2.73. The summed E-state index contributed by atoms with van der Waals surface area (Å²) in [6, 6.07) is 0. The van der Waals surface area contributed by atoms with Crippen LogP contribution in [0.4, 0.5) is 0 Å². The monoisotopic (exact) mass is 256 g/mol. The van der Waals surface area contributed by atoms with Gasteiger partial charge in [-0.3, -0.25) is 4.79 Å². The molecule has 1 aliphatic heterocycles. The van der Waals surface area contributed by atoms with Crippen molar-refractivity contribution >= 4 is 11.6 Å². The first kappa shape index (κ1) is 15.0. The van der Waals surface area contributed by atoms with Gasteiger partial charge in [0.15, 0.2) is 0 Å². The molecule has 1 amide bonds. The fourth-order valence-electron chi connectivity index (χ4n) is 1.67. The summed E-state index contributed by atoms with van der Waals surface area (Å²) in [6.45, 7) is 8.05. The predicted molar refractivity (Wildman–Crippen MR) is 70.3 cm³/mol. The first-order valence-electron chi connectivity index (χ1n) is 6.40. The standard InChI is InChI=1S/C13H24N2O3/c1-9(2)10-8-11(18-14-10)12(16)15(5)7-6-13(3,4)17/h9,11,17H,6-8H2,1-5H3/t11-/m1/s1. The molecule has 0 radical (unpaired) electrons. The molecule has 5 nitrogen and oxygen atoms in total. The zero-order valence-corrected chi connectivity index (χ0v) is 11.9. The Hall–Kier alpha value is -1.10. The molecule has 0 aromatic heterocycles. The first-order chi connectivity index (χ1) is 8.20. The van der Waals surface area contributed by atoms with E-state index in [-0.39, 0.29) is 5.91 Å². The van der Waals surface area contributed by atoms with E-state index in [1.165, 1.54) is 0 Å². The van der Waals surface area contributed by atoms with Crippen LogP contribution >= 0.6 is 0 Å².